The molecule has 3 rings (SSSR count). The molecule has 0 fully saturated rings. The molecule has 0 aliphatic rings. The Labute approximate surface area is 127 Å². The monoisotopic (exact) mass is 296 g/mol. The molecule has 1 aromatic heterocycles. The molecule has 0 saturated carbocycles. The van der Waals surface area contributed by atoms with Gasteiger partial charge in [0.1, 0.15) is 0 Å². The molecule has 0 atom stereocenters. The molecule has 0 aliphatic carbocycles. The summed E-state index contributed by atoms with van der Waals surface area (Å²) in [6.07, 6.45) is 0.259. The van der Waals surface area contributed by atoms with Gasteiger partial charge >= 0.3 is 5.76 Å². The Balaban J connectivity index is 1.65. The number of fused-ring (bicyclic) bond motifs is 1. The summed E-state index contributed by atoms with van der Waals surface area (Å²) in [5.74, 6) is -0.551. The average Bonchev–Trinajstić information content (AvgIpc) is 2.86. The van der Waals surface area contributed by atoms with Crippen LogP contribution in [0.25, 0.3) is 11.1 Å². The number of oxazole rings is 1. The van der Waals surface area contributed by atoms with E-state index in [-0.39, 0.29) is 12.3 Å². The van der Waals surface area contributed by atoms with Crippen molar-refractivity contribution in [1.82, 2.24) is 10.3 Å². The SMILES string of the molecule is Cc1ccccc1CNC(=O)Cc1ccc2oc(=O)[nH]c2c1. The predicted molar refractivity (Wildman–Crippen MR) is 83.6 cm³/mol. The van der Waals surface area contributed by atoms with Crippen molar-refractivity contribution >= 4 is 17.0 Å². The molecule has 0 bridgehead atoms. The lowest BCUT2D eigenvalue weighted by Crippen LogP contribution is -2.24. The summed E-state index contributed by atoms with van der Waals surface area (Å²) in [4.78, 5) is 25.7. The number of aryl methyl sites for hydroxylation is 1. The first-order chi connectivity index (χ1) is 10.6. The molecule has 112 valence electrons. The van der Waals surface area contributed by atoms with Crippen molar-refractivity contribution in [2.75, 3.05) is 0 Å². The minimum atomic E-state index is -0.490. The molecule has 0 saturated heterocycles. The summed E-state index contributed by atoms with van der Waals surface area (Å²) in [5, 5.41) is 2.91. The van der Waals surface area contributed by atoms with E-state index >= 15 is 0 Å². The molecule has 0 radical (unpaired) electrons. The van der Waals surface area contributed by atoms with Crippen molar-refractivity contribution in [2.45, 2.75) is 19.9 Å². The van der Waals surface area contributed by atoms with Crippen LogP contribution >= 0.6 is 0 Å². The first-order valence-electron chi connectivity index (χ1n) is 7.05. The number of amides is 1. The number of aromatic nitrogens is 1. The van der Waals surface area contributed by atoms with E-state index in [2.05, 4.69) is 10.3 Å². The van der Waals surface area contributed by atoms with E-state index in [4.69, 9.17) is 4.42 Å². The van der Waals surface area contributed by atoms with Crippen LogP contribution < -0.4 is 11.1 Å². The number of rotatable bonds is 4. The minimum Gasteiger partial charge on any atom is -0.408 e. The summed E-state index contributed by atoms with van der Waals surface area (Å²) in [5.41, 5.74) is 4.18. The van der Waals surface area contributed by atoms with Crippen molar-refractivity contribution < 1.29 is 9.21 Å². The number of H-pyrrole nitrogens is 1. The van der Waals surface area contributed by atoms with Crippen molar-refractivity contribution in [1.29, 1.82) is 0 Å². The van der Waals surface area contributed by atoms with Gasteiger partial charge in [0.25, 0.3) is 0 Å². The number of hydrogen-bond donors (Lipinski definition) is 2. The molecule has 2 N–H and O–H groups in total. The van der Waals surface area contributed by atoms with Gasteiger partial charge in [-0.2, -0.15) is 0 Å². The topological polar surface area (TPSA) is 75.1 Å². The maximum atomic E-state index is 12.0. The van der Waals surface area contributed by atoms with Gasteiger partial charge in [0.15, 0.2) is 5.58 Å². The van der Waals surface area contributed by atoms with Crippen LogP contribution in [0.1, 0.15) is 16.7 Å². The Morgan fingerprint density at radius 1 is 1.23 bits per heavy atom. The Morgan fingerprint density at radius 2 is 2.05 bits per heavy atom. The lowest BCUT2D eigenvalue weighted by atomic mass is 10.1. The van der Waals surface area contributed by atoms with Crippen molar-refractivity contribution in [3.8, 4) is 0 Å². The second-order valence-corrected chi connectivity index (χ2v) is 5.23. The molecule has 0 unspecified atom stereocenters. The molecule has 2 aromatic carbocycles. The average molecular weight is 296 g/mol. The van der Waals surface area contributed by atoms with Crippen LogP contribution in [0, 0.1) is 6.92 Å². The van der Waals surface area contributed by atoms with Gasteiger partial charge in [-0.1, -0.05) is 30.3 Å². The second kappa shape index (κ2) is 5.89. The maximum Gasteiger partial charge on any atom is 0.417 e. The summed E-state index contributed by atoms with van der Waals surface area (Å²) >= 11 is 0. The van der Waals surface area contributed by atoms with E-state index < -0.39 is 5.76 Å². The van der Waals surface area contributed by atoms with E-state index in [0.717, 1.165) is 16.7 Å². The van der Waals surface area contributed by atoms with Gasteiger partial charge in [-0.3, -0.25) is 9.78 Å². The largest absolute Gasteiger partial charge is 0.417 e. The summed E-state index contributed by atoms with van der Waals surface area (Å²) in [6, 6.07) is 13.2. The van der Waals surface area contributed by atoms with E-state index in [9.17, 15) is 9.59 Å². The van der Waals surface area contributed by atoms with Crippen molar-refractivity contribution in [2.24, 2.45) is 0 Å². The number of hydrogen-bond acceptors (Lipinski definition) is 3. The third kappa shape index (κ3) is 3.09. The number of nitrogens with one attached hydrogen (secondary N) is 2. The molecule has 5 heteroatoms. The third-order valence-electron chi connectivity index (χ3n) is 3.59. The molecule has 5 nitrogen and oxygen atoms in total. The third-order valence-corrected chi connectivity index (χ3v) is 3.59. The normalized spacial score (nSPS) is 10.8. The zero-order valence-electron chi connectivity index (χ0n) is 12.2. The quantitative estimate of drug-likeness (QED) is 0.775. The fourth-order valence-corrected chi connectivity index (χ4v) is 2.36. The zero-order chi connectivity index (χ0) is 15.5. The highest BCUT2D eigenvalue weighted by Crippen LogP contribution is 2.13. The first-order valence-corrected chi connectivity index (χ1v) is 7.05. The Hall–Kier alpha value is -2.82. The van der Waals surface area contributed by atoms with Gasteiger partial charge < -0.3 is 9.73 Å². The van der Waals surface area contributed by atoms with Crippen LogP contribution in [0.5, 0.6) is 0 Å². The van der Waals surface area contributed by atoms with E-state index in [1.54, 1.807) is 18.2 Å². The standard InChI is InChI=1S/C17H16N2O3/c1-11-4-2-3-5-13(11)10-18-16(20)9-12-6-7-15-14(8-12)19-17(21)22-15/h2-8H,9-10H2,1H3,(H,18,20)(H,19,21). The summed E-state index contributed by atoms with van der Waals surface area (Å²) < 4.78 is 4.93. The minimum absolute atomic E-state index is 0.0616. The van der Waals surface area contributed by atoms with Crippen LogP contribution in [-0.4, -0.2) is 10.9 Å². The van der Waals surface area contributed by atoms with E-state index in [1.165, 1.54) is 0 Å². The molecule has 1 heterocycles. The smallest absolute Gasteiger partial charge is 0.408 e. The first kappa shape index (κ1) is 14.1. The van der Waals surface area contributed by atoms with Gasteiger partial charge in [0.05, 0.1) is 11.9 Å². The molecular weight excluding hydrogens is 280 g/mol. The highest BCUT2D eigenvalue weighted by Gasteiger charge is 2.07. The van der Waals surface area contributed by atoms with Crippen molar-refractivity contribution in [3.63, 3.8) is 0 Å². The highest BCUT2D eigenvalue weighted by molar-refractivity contribution is 5.80. The van der Waals surface area contributed by atoms with Crippen LogP contribution in [0.2, 0.25) is 0 Å². The fraction of sp³-hybridized carbons (Fsp3) is 0.176. The lowest BCUT2D eigenvalue weighted by Gasteiger charge is -2.08. The number of aromatic amines is 1. The molecule has 0 aliphatic heterocycles. The Morgan fingerprint density at radius 3 is 2.86 bits per heavy atom. The van der Waals surface area contributed by atoms with Gasteiger partial charge in [0, 0.05) is 6.54 Å². The number of carbonyl (C=O) groups is 1. The maximum absolute atomic E-state index is 12.0. The number of benzene rings is 2. The van der Waals surface area contributed by atoms with Gasteiger partial charge in [-0.25, -0.2) is 4.79 Å². The molecule has 22 heavy (non-hydrogen) atoms. The van der Waals surface area contributed by atoms with Crippen LogP contribution in [-0.2, 0) is 17.8 Å². The van der Waals surface area contributed by atoms with Gasteiger partial charge in [0.2, 0.25) is 5.91 Å². The molecule has 0 spiro atoms. The zero-order valence-corrected chi connectivity index (χ0v) is 12.2. The second-order valence-electron chi connectivity index (χ2n) is 5.23. The molecule has 3 aromatic rings. The van der Waals surface area contributed by atoms with E-state index in [1.807, 2.05) is 31.2 Å². The summed E-state index contributed by atoms with van der Waals surface area (Å²) in [6.45, 7) is 2.53. The predicted octanol–water partition coefficient (Wildman–Crippen LogP) is 2.29. The van der Waals surface area contributed by atoms with Crippen LogP contribution in [0.3, 0.4) is 0 Å². The summed E-state index contributed by atoms with van der Waals surface area (Å²) in [7, 11) is 0. The Bertz CT molecular complexity index is 877. The van der Waals surface area contributed by atoms with Gasteiger partial charge in [-0.15, -0.1) is 0 Å². The van der Waals surface area contributed by atoms with Crippen LogP contribution in [0.15, 0.2) is 51.7 Å². The lowest BCUT2D eigenvalue weighted by molar-refractivity contribution is -0.120. The molecule has 1 amide bonds. The fourth-order valence-electron chi connectivity index (χ4n) is 2.36. The van der Waals surface area contributed by atoms with Crippen LogP contribution in [0.4, 0.5) is 0 Å². The van der Waals surface area contributed by atoms with Crippen molar-refractivity contribution in [3.05, 3.63) is 69.7 Å². The van der Waals surface area contributed by atoms with Gasteiger partial charge in [-0.05, 0) is 35.7 Å². The Kier molecular flexibility index (Phi) is 3.78. The highest BCUT2D eigenvalue weighted by atomic mass is 16.4. The molecular formula is C17H16N2O3. The van der Waals surface area contributed by atoms with E-state index in [0.29, 0.717) is 17.6 Å². The number of carbonyl (C=O) groups excluding carboxylic acids is 1.